The first-order valence-corrected chi connectivity index (χ1v) is 9.36. The van der Waals surface area contributed by atoms with Crippen LogP contribution in [0.15, 0.2) is 52.1 Å². The van der Waals surface area contributed by atoms with Crippen molar-refractivity contribution in [2.24, 2.45) is 0 Å². The van der Waals surface area contributed by atoms with Crippen LogP contribution in [0.3, 0.4) is 0 Å². The summed E-state index contributed by atoms with van der Waals surface area (Å²) in [7, 11) is 0. The quantitative estimate of drug-likeness (QED) is 0.345. The molecule has 0 saturated heterocycles. The third kappa shape index (κ3) is 4.40. The Kier molecular flexibility index (Phi) is 5.89. The maximum absolute atomic E-state index is 13.5. The van der Waals surface area contributed by atoms with Crippen LogP contribution in [0.4, 0.5) is 20.2 Å². The van der Waals surface area contributed by atoms with Gasteiger partial charge in [-0.3, -0.25) is 14.9 Å². The van der Waals surface area contributed by atoms with E-state index in [9.17, 15) is 23.7 Å². The highest BCUT2D eigenvalue weighted by Gasteiger charge is 2.31. The first-order valence-electron chi connectivity index (χ1n) is 8.16. The molecule has 1 unspecified atom stereocenters. The maximum atomic E-state index is 13.5. The highest BCUT2D eigenvalue weighted by molar-refractivity contribution is 9.10. The second-order valence-corrected chi connectivity index (χ2v) is 7.38. The second-order valence-electron chi connectivity index (χ2n) is 6.12. The van der Waals surface area contributed by atoms with E-state index >= 15 is 0 Å². The van der Waals surface area contributed by atoms with E-state index in [1.807, 2.05) is 0 Å². The number of anilines is 1. The Labute approximate surface area is 177 Å². The summed E-state index contributed by atoms with van der Waals surface area (Å²) in [5.74, 6) is -2.74. The monoisotopic (exact) mass is 482 g/mol. The normalized spacial score (nSPS) is 16.1. The molecule has 0 saturated carbocycles. The van der Waals surface area contributed by atoms with Crippen LogP contribution in [-0.2, 0) is 4.79 Å². The van der Waals surface area contributed by atoms with Crippen molar-refractivity contribution in [1.82, 2.24) is 10.6 Å². The number of hydrogen-bond acceptors (Lipinski definition) is 4. The summed E-state index contributed by atoms with van der Waals surface area (Å²) in [4.78, 5) is 23.6. The van der Waals surface area contributed by atoms with E-state index in [4.69, 9.17) is 12.2 Å². The second kappa shape index (κ2) is 8.21. The van der Waals surface area contributed by atoms with Crippen LogP contribution in [0.25, 0.3) is 0 Å². The van der Waals surface area contributed by atoms with E-state index in [0.29, 0.717) is 11.3 Å². The SMILES string of the molecule is CC1=C(C(=O)Nc2ccc(F)c(F)c2)C(c2ccc(Br)c([N+](=O)[O-])c2)NC(=S)N1. The van der Waals surface area contributed by atoms with Crippen LogP contribution in [-0.4, -0.2) is 15.9 Å². The van der Waals surface area contributed by atoms with Crippen LogP contribution in [0.2, 0.25) is 0 Å². The molecule has 1 amide bonds. The Morgan fingerprint density at radius 2 is 1.97 bits per heavy atom. The van der Waals surface area contributed by atoms with Crippen molar-refractivity contribution in [3.63, 3.8) is 0 Å². The summed E-state index contributed by atoms with van der Waals surface area (Å²) in [5, 5.41) is 19.7. The highest BCUT2D eigenvalue weighted by atomic mass is 79.9. The van der Waals surface area contributed by atoms with Gasteiger partial charge in [-0.2, -0.15) is 0 Å². The predicted molar refractivity (Wildman–Crippen MR) is 110 cm³/mol. The number of benzene rings is 2. The van der Waals surface area contributed by atoms with Gasteiger partial charge in [-0.25, -0.2) is 8.78 Å². The molecule has 7 nitrogen and oxygen atoms in total. The fourth-order valence-corrected chi connectivity index (χ4v) is 3.53. The van der Waals surface area contributed by atoms with Gasteiger partial charge in [-0.05, 0) is 58.8 Å². The van der Waals surface area contributed by atoms with Gasteiger partial charge in [0.2, 0.25) is 0 Å². The maximum Gasteiger partial charge on any atom is 0.283 e. The molecule has 11 heteroatoms. The van der Waals surface area contributed by atoms with Crippen molar-refractivity contribution < 1.29 is 18.5 Å². The van der Waals surface area contributed by atoms with Gasteiger partial charge >= 0.3 is 0 Å². The molecule has 0 bridgehead atoms. The Morgan fingerprint density at radius 1 is 1.24 bits per heavy atom. The molecule has 0 aromatic heterocycles. The molecule has 0 radical (unpaired) electrons. The van der Waals surface area contributed by atoms with Crippen molar-refractivity contribution in [2.75, 3.05) is 5.32 Å². The molecule has 1 atom stereocenters. The summed E-state index contributed by atoms with van der Waals surface area (Å²) < 4.78 is 26.9. The number of nitrogens with one attached hydrogen (secondary N) is 3. The Bertz CT molecular complexity index is 1080. The van der Waals surface area contributed by atoms with Gasteiger partial charge in [-0.15, -0.1) is 0 Å². The Hall–Kier alpha value is -2.92. The van der Waals surface area contributed by atoms with Crippen molar-refractivity contribution in [3.8, 4) is 0 Å². The van der Waals surface area contributed by atoms with Crippen LogP contribution in [0.1, 0.15) is 18.5 Å². The van der Waals surface area contributed by atoms with Crippen LogP contribution < -0.4 is 16.0 Å². The smallest absolute Gasteiger partial charge is 0.283 e. The lowest BCUT2D eigenvalue weighted by Crippen LogP contribution is -2.45. The van der Waals surface area contributed by atoms with E-state index in [-0.39, 0.29) is 26.5 Å². The summed E-state index contributed by atoms with van der Waals surface area (Å²) >= 11 is 8.27. The average Bonchev–Trinajstić information content (AvgIpc) is 2.64. The number of rotatable bonds is 4. The summed E-state index contributed by atoms with van der Waals surface area (Å²) in [6.45, 7) is 1.62. The summed E-state index contributed by atoms with van der Waals surface area (Å²) in [6.07, 6.45) is 0. The minimum Gasteiger partial charge on any atom is -0.351 e. The van der Waals surface area contributed by atoms with Crippen LogP contribution in [0.5, 0.6) is 0 Å². The summed E-state index contributed by atoms with van der Waals surface area (Å²) in [5.41, 5.74) is 0.928. The zero-order valence-electron chi connectivity index (χ0n) is 14.8. The zero-order chi connectivity index (χ0) is 21.3. The number of nitro groups is 1. The molecule has 3 rings (SSSR count). The first-order chi connectivity index (χ1) is 13.7. The molecule has 2 aromatic rings. The van der Waals surface area contributed by atoms with Crippen molar-refractivity contribution >= 4 is 50.5 Å². The number of hydrogen-bond donors (Lipinski definition) is 3. The standard InChI is InChI=1S/C18H13BrF2N4O3S/c1-8-15(17(26)23-10-3-5-12(20)13(21)7-10)16(24-18(29)22-8)9-2-4-11(19)14(6-9)25(27)28/h2-7,16H,1H3,(H,23,26)(H2,22,24,29). The van der Waals surface area contributed by atoms with E-state index in [1.54, 1.807) is 13.0 Å². The molecule has 0 spiro atoms. The van der Waals surface area contributed by atoms with Gasteiger partial charge in [0.15, 0.2) is 16.7 Å². The molecule has 1 heterocycles. The van der Waals surface area contributed by atoms with E-state index in [0.717, 1.165) is 12.1 Å². The molecule has 1 aliphatic rings. The number of nitro benzene ring substituents is 1. The lowest BCUT2D eigenvalue weighted by atomic mass is 9.94. The van der Waals surface area contributed by atoms with Gasteiger partial charge in [0.1, 0.15) is 0 Å². The molecule has 29 heavy (non-hydrogen) atoms. The molecular weight excluding hydrogens is 470 g/mol. The molecule has 3 N–H and O–H groups in total. The Morgan fingerprint density at radius 3 is 2.62 bits per heavy atom. The van der Waals surface area contributed by atoms with Gasteiger partial charge in [0, 0.05) is 23.5 Å². The molecule has 0 fully saturated rings. The number of amides is 1. The number of nitrogens with zero attached hydrogens (tertiary/aromatic N) is 1. The van der Waals surface area contributed by atoms with E-state index in [1.165, 1.54) is 18.2 Å². The van der Waals surface area contributed by atoms with Gasteiger partial charge in [-0.1, -0.05) is 6.07 Å². The van der Waals surface area contributed by atoms with Crippen LogP contribution in [0, 0.1) is 21.7 Å². The van der Waals surface area contributed by atoms with E-state index < -0.39 is 28.5 Å². The largest absolute Gasteiger partial charge is 0.351 e. The lowest BCUT2D eigenvalue weighted by Gasteiger charge is -2.30. The minimum absolute atomic E-state index is 0.0582. The Balaban J connectivity index is 2.00. The van der Waals surface area contributed by atoms with Crippen molar-refractivity contribution in [3.05, 3.63) is 79.5 Å². The predicted octanol–water partition coefficient (Wildman–Crippen LogP) is 4.07. The number of carbonyl (C=O) groups excluding carboxylic acids is 1. The van der Waals surface area contributed by atoms with Gasteiger partial charge in [0.05, 0.1) is 21.0 Å². The zero-order valence-corrected chi connectivity index (χ0v) is 17.2. The number of carbonyl (C=O) groups is 1. The number of halogens is 3. The lowest BCUT2D eigenvalue weighted by molar-refractivity contribution is -0.385. The molecule has 1 aliphatic heterocycles. The molecular formula is C18H13BrF2N4O3S. The minimum atomic E-state index is -1.10. The average molecular weight is 483 g/mol. The van der Waals surface area contributed by atoms with E-state index in [2.05, 4.69) is 31.9 Å². The third-order valence-electron chi connectivity index (χ3n) is 4.19. The van der Waals surface area contributed by atoms with Gasteiger partial charge in [0.25, 0.3) is 11.6 Å². The number of allylic oxidation sites excluding steroid dienone is 1. The van der Waals surface area contributed by atoms with Crippen LogP contribution >= 0.6 is 28.1 Å². The first kappa shape index (κ1) is 20.8. The van der Waals surface area contributed by atoms with Crippen molar-refractivity contribution in [2.45, 2.75) is 13.0 Å². The third-order valence-corrected chi connectivity index (χ3v) is 5.08. The fraction of sp³-hybridized carbons (Fsp3) is 0.111. The number of thiocarbonyl (C=S) groups is 1. The molecule has 2 aromatic carbocycles. The summed E-state index contributed by atoms with van der Waals surface area (Å²) in [6, 6.07) is 6.63. The fourth-order valence-electron chi connectivity index (χ4n) is 2.87. The molecule has 0 aliphatic carbocycles. The highest BCUT2D eigenvalue weighted by Crippen LogP contribution is 2.33. The van der Waals surface area contributed by atoms with Gasteiger partial charge < -0.3 is 16.0 Å². The van der Waals surface area contributed by atoms with Crippen molar-refractivity contribution in [1.29, 1.82) is 0 Å². The topological polar surface area (TPSA) is 96.3 Å². The molecule has 150 valence electrons.